The molecule has 1 N–H and O–H groups in total. The summed E-state index contributed by atoms with van der Waals surface area (Å²) in [5.74, 6) is 0.132. The average Bonchev–Trinajstić information content (AvgIpc) is 2.85. The number of hydrogen-bond donors (Lipinski definition) is 1. The second-order valence-electron chi connectivity index (χ2n) is 4.61. The maximum atomic E-state index is 10.7. The first kappa shape index (κ1) is 14.7. The monoisotopic (exact) mass is 338 g/mol. The number of carboxylic acids is 1. The van der Waals surface area contributed by atoms with Gasteiger partial charge < -0.3 is 14.3 Å². The van der Waals surface area contributed by atoms with Gasteiger partial charge in [0, 0.05) is 4.47 Å². The molecule has 5 heteroatoms. The molecule has 4 nitrogen and oxygen atoms in total. The summed E-state index contributed by atoms with van der Waals surface area (Å²) in [6, 6.07) is 5.04. The molecule has 0 radical (unpaired) electrons. The number of aryl methyl sites for hydroxylation is 1. The Labute approximate surface area is 125 Å². The molecule has 0 saturated carbocycles. The van der Waals surface area contributed by atoms with E-state index in [2.05, 4.69) is 15.9 Å². The third kappa shape index (κ3) is 2.88. The number of aromatic carboxylic acids is 1. The van der Waals surface area contributed by atoms with Crippen molar-refractivity contribution in [2.45, 2.75) is 27.4 Å². The van der Waals surface area contributed by atoms with Crippen molar-refractivity contribution in [1.29, 1.82) is 0 Å². The zero-order valence-electron chi connectivity index (χ0n) is 11.5. The van der Waals surface area contributed by atoms with E-state index in [4.69, 9.17) is 14.3 Å². The van der Waals surface area contributed by atoms with Gasteiger partial charge in [-0.05, 0) is 55.7 Å². The van der Waals surface area contributed by atoms with Gasteiger partial charge in [0.25, 0.3) is 0 Å². The van der Waals surface area contributed by atoms with E-state index < -0.39 is 5.97 Å². The number of rotatable bonds is 4. The molecule has 0 amide bonds. The zero-order valence-corrected chi connectivity index (χ0v) is 13.1. The summed E-state index contributed by atoms with van der Waals surface area (Å²) >= 11 is 3.51. The van der Waals surface area contributed by atoms with Crippen LogP contribution in [0.1, 0.15) is 33.0 Å². The molecule has 20 heavy (non-hydrogen) atoms. The van der Waals surface area contributed by atoms with Gasteiger partial charge in [0.1, 0.15) is 18.1 Å². The van der Waals surface area contributed by atoms with Crippen molar-refractivity contribution in [3.05, 3.63) is 50.9 Å². The fourth-order valence-electron chi connectivity index (χ4n) is 1.94. The molecule has 0 saturated heterocycles. The first-order valence-electron chi connectivity index (χ1n) is 6.11. The van der Waals surface area contributed by atoms with Crippen LogP contribution in [0.5, 0.6) is 5.75 Å². The van der Waals surface area contributed by atoms with Gasteiger partial charge in [0.15, 0.2) is 0 Å². The smallest absolute Gasteiger partial charge is 0.371 e. The standard InChI is InChI=1S/C15H15BrO4/c1-8-6-12(16)9(2)10(3)14(8)19-7-11-4-5-13(20-11)15(17)18/h4-6H,7H2,1-3H3,(H,17,18). The lowest BCUT2D eigenvalue weighted by Crippen LogP contribution is -2.00. The van der Waals surface area contributed by atoms with Gasteiger partial charge in [-0.3, -0.25) is 0 Å². The Morgan fingerprint density at radius 3 is 2.60 bits per heavy atom. The van der Waals surface area contributed by atoms with Crippen LogP contribution in [0.4, 0.5) is 0 Å². The van der Waals surface area contributed by atoms with Crippen LogP contribution in [0.3, 0.4) is 0 Å². The number of carboxylic acid groups (broad SMARTS) is 1. The van der Waals surface area contributed by atoms with Crippen LogP contribution in [0.25, 0.3) is 0 Å². The molecule has 2 rings (SSSR count). The maximum absolute atomic E-state index is 10.7. The van der Waals surface area contributed by atoms with Crippen molar-refractivity contribution in [3.63, 3.8) is 0 Å². The first-order valence-corrected chi connectivity index (χ1v) is 6.90. The van der Waals surface area contributed by atoms with Crippen LogP contribution in [0.2, 0.25) is 0 Å². The van der Waals surface area contributed by atoms with E-state index in [1.807, 2.05) is 26.8 Å². The Balaban J connectivity index is 2.18. The van der Waals surface area contributed by atoms with Gasteiger partial charge in [-0.2, -0.15) is 0 Å². The molecule has 1 aromatic carbocycles. The number of benzene rings is 1. The highest BCUT2D eigenvalue weighted by atomic mass is 79.9. The van der Waals surface area contributed by atoms with E-state index in [-0.39, 0.29) is 12.4 Å². The van der Waals surface area contributed by atoms with Crippen LogP contribution < -0.4 is 4.74 Å². The lowest BCUT2D eigenvalue weighted by atomic mass is 10.1. The van der Waals surface area contributed by atoms with Gasteiger partial charge in [-0.25, -0.2) is 4.79 Å². The van der Waals surface area contributed by atoms with Gasteiger partial charge in [0.2, 0.25) is 5.76 Å². The predicted molar refractivity (Wildman–Crippen MR) is 78.4 cm³/mol. The fourth-order valence-corrected chi connectivity index (χ4v) is 2.59. The fraction of sp³-hybridized carbons (Fsp3) is 0.267. The topological polar surface area (TPSA) is 59.7 Å². The second kappa shape index (κ2) is 5.71. The Bertz CT molecular complexity index is 658. The summed E-state index contributed by atoms with van der Waals surface area (Å²) in [5.41, 5.74) is 3.20. The zero-order chi connectivity index (χ0) is 14.9. The SMILES string of the molecule is Cc1cc(Br)c(C)c(C)c1OCc1ccc(C(=O)O)o1. The Kier molecular flexibility index (Phi) is 4.18. The van der Waals surface area contributed by atoms with Gasteiger partial charge >= 0.3 is 5.97 Å². The van der Waals surface area contributed by atoms with Crippen LogP contribution in [0, 0.1) is 20.8 Å². The highest BCUT2D eigenvalue weighted by Crippen LogP contribution is 2.32. The van der Waals surface area contributed by atoms with E-state index in [1.54, 1.807) is 6.07 Å². The third-order valence-corrected chi connectivity index (χ3v) is 4.02. The summed E-state index contributed by atoms with van der Waals surface area (Å²) in [6.07, 6.45) is 0. The number of furan rings is 1. The molecule has 0 spiro atoms. The minimum atomic E-state index is -1.08. The summed E-state index contributed by atoms with van der Waals surface area (Å²) in [6.45, 7) is 6.18. The lowest BCUT2D eigenvalue weighted by Gasteiger charge is -2.14. The number of ether oxygens (including phenoxy) is 1. The van der Waals surface area contributed by atoms with Gasteiger partial charge in [-0.15, -0.1) is 0 Å². The highest BCUT2D eigenvalue weighted by Gasteiger charge is 2.13. The summed E-state index contributed by atoms with van der Waals surface area (Å²) < 4.78 is 12.0. The van der Waals surface area contributed by atoms with Crippen LogP contribution in [0.15, 0.2) is 27.1 Å². The van der Waals surface area contributed by atoms with Crippen molar-refractivity contribution in [1.82, 2.24) is 0 Å². The van der Waals surface area contributed by atoms with Crippen molar-refractivity contribution >= 4 is 21.9 Å². The van der Waals surface area contributed by atoms with Crippen LogP contribution in [-0.2, 0) is 6.61 Å². The van der Waals surface area contributed by atoms with E-state index in [1.165, 1.54) is 6.07 Å². The summed E-state index contributed by atoms with van der Waals surface area (Å²) in [5, 5.41) is 8.80. The summed E-state index contributed by atoms with van der Waals surface area (Å²) in [7, 11) is 0. The van der Waals surface area contributed by atoms with E-state index in [0.29, 0.717) is 5.76 Å². The Hall–Kier alpha value is -1.75. The van der Waals surface area contributed by atoms with Crippen molar-refractivity contribution in [3.8, 4) is 5.75 Å². The third-order valence-electron chi connectivity index (χ3n) is 3.19. The maximum Gasteiger partial charge on any atom is 0.371 e. The van der Waals surface area contributed by atoms with E-state index in [9.17, 15) is 4.79 Å². The quantitative estimate of drug-likeness (QED) is 0.905. The molecule has 0 aliphatic rings. The second-order valence-corrected chi connectivity index (χ2v) is 5.47. The number of hydrogen-bond acceptors (Lipinski definition) is 3. The minimum absolute atomic E-state index is 0.0796. The average molecular weight is 339 g/mol. The van der Waals surface area contributed by atoms with Crippen LogP contribution >= 0.6 is 15.9 Å². The van der Waals surface area contributed by atoms with Crippen molar-refractivity contribution in [2.75, 3.05) is 0 Å². The Morgan fingerprint density at radius 1 is 1.30 bits per heavy atom. The lowest BCUT2D eigenvalue weighted by molar-refractivity contribution is 0.0658. The minimum Gasteiger partial charge on any atom is -0.485 e. The van der Waals surface area contributed by atoms with Crippen LogP contribution in [-0.4, -0.2) is 11.1 Å². The number of carbonyl (C=O) groups is 1. The molecule has 0 aliphatic heterocycles. The predicted octanol–water partition coefficient (Wildman–Crippen LogP) is 4.24. The van der Waals surface area contributed by atoms with Gasteiger partial charge in [0.05, 0.1) is 0 Å². The molecule has 1 heterocycles. The molecular formula is C15H15BrO4. The van der Waals surface area contributed by atoms with Crippen molar-refractivity contribution in [2.24, 2.45) is 0 Å². The first-order chi connectivity index (χ1) is 9.40. The molecule has 106 valence electrons. The van der Waals surface area contributed by atoms with E-state index in [0.717, 1.165) is 26.9 Å². The van der Waals surface area contributed by atoms with Crippen molar-refractivity contribution < 1.29 is 19.1 Å². The molecule has 0 aliphatic carbocycles. The Morgan fingerprint density at radius 2 is 2.00 bits per heavy atom. The molecule has 1 aromatic heterocycles. The molecule has 0 bridgehead atoms. The largest absolute Gasteiger partial charge is 0.485 e. The molecule has 0 atom stereocenters. The molecule has 0 fully saturated rings. The highest BCUT2D eigenvalue weighted by molar-refractivity contribution is 9.10. The van der Waals surface area contributed by atoms with Gasteiger partial charge in [-0.1, -0.05) is 15.9 Å². The normalized spacial score (nSPS) is 10.6. The summed E-state index contributed by atoms with van der Waals surface area (Å²) in [4.78, 5) is 10.7. The number of halogens is 1. The molecule has 2 aromatic rings. The molecular weight excluding hydrogens is 324 g/mol. The van der Waals surface area contributed by atoms with E-state index >= 15 is 0 Å². The molecule has 0 unspecified atom stereocenters.